The minimum Gasteiger partial charge on any atom is -0.456 e. The van der Waals surface area contributed by atoms with E-state index in [4.69, 9.17) is 8.83 Å². The highest BCUT2D eigenvalue weighted by molar-refractivity contribution is 6.27. The van der Waals surface area contributed by atoms with Gasteiger partial charge in [0.1, 0.15) is 22.3 Å². The molecular weight excluding hydrogens is 681 g/mol. The lowest BCUT2D eigenvalue weighted by atomic mass is 9.84. The summed E-state index contributed by atoms with van der Waals surface area (Å²) in [7, 11) is 0. The van der Waals surface area contributed by atoms with Gasteiger partial charge in [-0.05, 0) is 119 Å². The lowest BCUT2D eigenvalue weighted by Gasteiger charge is -2.19. The fourth-order valence-corrected chi connectivity index (χ4v) is 9.15. The number of furan rings is 2. The van der Waals surface area contributed by atoms with Crippen molar-refractivity contribution in [2.45, 2.75) is 0 Å². The van der Waals surface area contributed by atoms with Crippen LogP contribution in [0.15, 0.2) is 203 Å². The summed E-state index contributed by atoms with van der Waals surface area (Å²) in [5.74, 6) is 0. The number of rotatable bonds is 4. The molecule has 2 heterocycles. The van der Waals surface area contributed by atoms with E-state index in [2.05, 4.69) is 182 Å². The van der Waals surface area contributed by atoms with Crippen molar-refractivity contribution in [1.29, 1.82) is 0 Å². The minimum absolute atomic E-state index is 0.853. The van der Waals surface area contributed by atoms with E-state index >= 15 is 0 Å². The van der Waals surface area contributed by atoms with Crippen LogP contribution in [0.25, 0.3) is 121 Å². The first-order valence-corrected chi connectivity index (χ1v) is 19.2. The van der Waals surface area contributed by atoms with Gasteiger partial charge in [0.05, 0.1) is 0 Å². The molecule has 10 aromatic carbocycles. The highest BCUT2D eigenvalue weighted by Gasteiger charge is 2.21. The van der Waals surface area contributed by atoms with E-state index in [1.54, 1.807) is 0 Å². The van der Waals surface area contributed by atoms with Crippen LogP contribution in [-0.2, 0) is 0 Å². The molecule has 56 heavy (non-hydrogen) atoms. The first-order valence-electron chi connectivity index (χ1n) is 19.2. The molecule has 0 saturated heterocycles. The molecule has 2 heteroatoms. The Morgan fingerprint density at radius 1 is 0.250 bits per heavy atom. The molecule has 0 bridgehead atoms. The van der Waals surface area contributed by atoms with Crippen molar-refractivity contribution in [3.05, 3.63) is 194 Å². The molecule has 0 aliphatic heterocycles. The zero-order valence-electron chi connectivity index (χ0n) is 30.3. The summed E-state index contributed by atoms with van der Waals surface area (Å²) in [6.07, 6.45) is 0. The van der Waals surface area contributed by atoms with Gasteiger partial charge in [0.15, 0.2) is 0 Å². The van der Waals surface area contributed by atoms with Crippen LogP contribution in [0.2, 0.25) is 0 Å². The van der Waals surface area contributed by atoms with Gasteiger partial charge >= 0.3 is 0 Å². The van der Waals surface area contributed by atoms with E-state index in [-0.39, 0.29) is 0 Å². The Balaban J connectivity index is 1.16. The first-order chi connectivity index (χ1) is 27.8. The Kier molecular flexibility index (Phi) is 6.66. The smallest absolute Gasteiger partial charge is 0.136 e. The minimum atomic E-state index is 0.853. The molecule has 0 aliphatic carbocycles. The third-order valence-corrected chi connectivity index (χ3v) is 11.6. The summed E-state index contributed by atoms with van der Waals surface area (Å²) < 4.78 is 13.1. The molecular formula is C54H32O2. The van der Waals surface area contributed by atoms with Crippen LogP contribution in [0.3, 0.4) is 0 Å². The summed E-state index contributed by atoms with van der Waals surface area (Å²) in [5, 5.41) is 11.7. The van der Waals surface area contributed by atoms with Gasteiger partial charge < -0.3 is 8.83 Å². The largest absolute Gasteiger partial charge is 0.456 e. The fraction of sp³-hybridized carbons (Fsp3) is 0. The number of fused-ring (bicyclic) bond motifs is 10. The maximum absolute atomic E-state index is 6.59. The Morgan fingerprint density at radius 3 is 1.43 bits per heavy atom. The quantitative estimate of drug-likeness (QED) is 0.170. The summed E-state index contributed by atoms with van der Waals surface area (Å²) >= 11 is 0. The first kappa shape index (κ1) is 31.0. The van der Waals surface area contributed by atoms with Crippen molar-refractivity contribution < 1.29 is 8.83 Å². The number of benzene rings is 10. The van der Waals surface area contributed by atoms with Crippen LogP contribution in [0, 0.1) is 0 Å². The molecule has 0 aliphatic rings. The van der Waals surface area contributed by atoms with E-state index in [1.165, 1.54) is 65.7 Å². The summed E-state index contributed by atoms with van der Waals surface area (Å²) in [6, 6.07) is 69.9. The van der Waals surface area contributed by atoms with E-state index in [0.717, 1.165) is 55.0 Å². The van der Waals surface area contributed by atoms with Crippen molar-refractivity contribution in [2.24, 2.45) is 0 Å². The summed E-state index contributed by atoms with van der Waals surface area (Å²) in [5.41, 5.74) is 13.0. The van der Waals surface area contributed by atoms with Gasteiger partial charge in [-0.1, -0.05) is 152 Å². The average molecular weight is 713 g/mol. The standard InChI is InChI=1S/C54H32O2/c1-3-12-33(13-4-1)36-23-26-47-45(30-36)53-49(55-47)28-29-50-54(53)46-32-38(24-27-48(46)56-50)52-42-20-10-9-19-41(42)51(35-15-5-2-6-16-35)44-31-37(22-25-43(44)52)40-21-11-17-34-14-7-8-18-39(34)40/h1-32H. The Morgan fingerprint density at radius 2 is 0.732 bits per heavy atom. The third-order valence-electron chi connectivity index (χ3n) is 11.6. The molecule has 12 aromatic rings. The van der Waals surface area contributed by atoms with Crippen LogP contribution in [0.5, 0.6) is 0 Å². The van der Waals surface area contributed by atoms with Crippen molar-refractivity contribution in [3.8, 4) is 44.5 Å². The van der Waals surface area contributed by atoms with E-state index in [0.29, 0.717) is 0 Å². The zero-order valence-corrected chi connectivity index (χ0v) is 30.3. The van der Waals surface area contributed by atoms with E-state index in [9.17, 15) is 0 Å². The van der Waals surface area contributed by atoms with E-state index < -0.39 is 0 Å². The normalized spacial score (nSPS) is 11.9. The molecule has 0 atom stereocenters. The molecule has 0 spiro atoms. The Labute approximate surface area is 322 Å². The average Bonchev–Trinajstić information content (AvgIpc) is 3.83. The SMILES string of the molecule is c1ccc(-c2ccc3oc4ccc5oc6ccc(-c7c8ccccc8c(-c8ccccc8)c8cc(-c9cccc%10ccccc9%10)ccc78)cc6c5c4c3c2)cc1. The second-order valence-electron chi connectivity index (χ2n) is 14.8. The molecule has 0 N–H and O–H groups in total. The van der Waals surface area contributed by atoms with Crippen LogP contribution in [-0.4, -0.2) is 0 Å². The topological polar surface area (TPSA) is 26.3 Å². The van der Waals surface area contributed by atoms with Gasteiger partial charge in [0, 0.05) is 21.5 Å². The van der Waals surface area contributed by atoms with Crippen LogP contribution in [0.1, 0.15) is 0 Å². The molecule has 12 rings (SSSR count). The molecule has 0 fully saturated rings. The highest BCUT2D eigenvalue weighted by Crippen LogP contribution is 2.47. The lowest BCUT2D eigenvalue weighted by Crippen LogP contribution is -1.92. The monoisotopic (exact) mass is 712 g/mol. The number of hydrogen-bond acceptors (Lipinski definition) is 2. The van der Waals surface area contributed by atoms with Crippen molar-refractivity contribution in [2.75, 3.05) is 0 Å². The van der Waals surface area contributed by atoms with Gasteiger partial charge in [0.2, 0.25) is 0 Å². The molecule has 260 valence electrons. The van der Waals surface area contributed by atoms with Crippen LogP contribution >= 0.6 is 0 Å². The molecule has 0 saturated carbocycles. The predicted octanol–water partition coefficient (Wildman–Crippen LogP) is 15.6. The van der Waals surface area contributed by atoms with E-state index in [1.807, 2.05) is 12.1 Å². The molecule has 0 unspecified atom stereocenters. The lowest BCUT2D eigenvalue weighted by molar-refractivity contribution is 0.663. The molecule has 2 nitrogen and oxygen atoms in total. The molecule has 2 aromatic heterocycles. The summed E-state index contributed by atoms with van der Waals surface area (Å²) in [4.78, 5) is 0. The van der Waals surface area contributed by atoms with Gasteiger partial charge in [-0.2, -0.15) is 0 Å². The fourth-order valence-electron chi connectivity index (χ4n) is 9.15. The molecule has 0 amide bonds. The second-order valence-corrected chi connectivity index (χ2v) is 14.8. The highest BCUT2D eigenvalue weighted by atomic mass is 16.3. The van der Waals surface area contributed by atoms with Gasteiger partial charge in [-0.15, -0.1) is 0 Å². The van der Waals surface area contributed by atoms with Gasteiger partial charge in [0.25, 0.3) is 0 Å². The maximum Gasteiger partial charge on any atom is 0.136 e. The zero-order chi connectivity index (χ0) is 36.7. The third kappa shape index (κ3) is 4.63. The van der Waals surface area contributed by atoms with Gasteiger partial charge in [-0.25, -0.2) is 0 Å². The van der Waals surface area contributed by atoms with Gasteiger partial charge in [-0.3, -0.25) is 0 Å². The van der Waals surface area contributed by atoms with Crippen molar-refractivity contribution in [3.63, 3.8) is 0 Å². The van der Waals surface area contributed by atoms with Crippen molar-refractivity contribution >= 4 is 76.2 Å². The summed E-state index contributed by atoms with van der Waals surface area (Å²) in [6.45, 7) is 0. The number of hydrogen-bond donors (Lipinski definition) is 0. The van der Waals surface area contributed by atoms with Crippen LogP contribution in [0.4, 0.5) is 0 Å². The maximum atomic E-state index is 6.59. The van der Waals surface area contributed by atoms with Crippen LogP contribution < -0.4 is 0 Å². The Hall–Kier alpha value is -7.42. The predicted molar refractivity (Wildman–Crippen MR) is 235 cm³/mol. The second kappa shape index (κ2) is 12.0. The van der Waals surface area contributed by atoms with Crippen molar-refractivity contribution in [1.82, 2.24) is 0 Å². The molecule has 0 radical (unpaired) electrons. The Bertz CT molecular complexity index is 3510.